The number of fused-ring (bicyclic) bond motifs is 1. The van der Waals surface area contributed by atoms with Gasteiger partial charge in [0.1, 0.15) is 0 Å². The van der Waals surface area contributed by atoms with Crippen LogP contribution in [0.25, 0.3) is 10.4 Å². The first kappa shape index (κ1) is 10.3. The van der Waals surface area contributed by atoms with E-state index in [0.717, 1.165) is 17.9 Å². The first-order chi connectivity index (χ1) is 7.77. The van der Waals surface area contributed by atoms with Crippen molar-refractivity contribution in [3.8, 4) is 10.4 Å². The number of thiophene rings is 1. The first-order valence-electron chi connectivity index (χ1n) is 5.38. The highest BCUT2D eigenvalue weighted by Gasteiger charge is 2.22. The highest BCUT2D eigenvalue weighted by molar-refractivity contribution is 7.14. The summed E-state index contributed by atoms with van der Waals surface area (Å²) >= 11 is 7.89. The third-order valence-corrected chi connectivity index (χ3v) is 4.55. The average molecular weight is 250 g/mol. The molecule has 0 saturated heterocycles. The number of halogens is 1. The molecule has 0 amide bonds. The maximum atomic E-state index is 6.19. The molecule has 2 aromatic rings. The molecule has 82 valence electrons. The van der Waals surface area contributed by atoms with Crippen molar-refractivity contribution in [1.82, 2.24) is 0 Å². The molecule has 3 rings (SSSR count). The van der Waals surface area contributed by atoms with Gasteiger partial charge in [0.05, 0.1) is 9.90 Å². The summed E-state index contributed by atoms with van der Waals surface area (Å²) in [5.74, 6) is 0. The Bertz CT molecular complexity index is 532. The van der Waals surface area contributed by atoms with E-state index in [4.69, 9.17) is 17.3 Å². The Morgan fingerprint density at radius 1 is 1.31 bits per heavy atom. The Hall–Kier alpha value is -0.830. The summed E-state index contributed by atoms with van der Waals surface area (Å²) < 4.78 is 0. The monoisotopic (exact) mass is 249 g/mol. The first-order valence-corrected chi connectivity index (χ1v) is 6.64. The van der Waals surface area contributed by atoms with Crippen molar-refractivity contribution in [3.05, 3.63) is 45.8 Å². The van der Waals surface area contributed by atoms with E-state index in [0.29, 0.717) is 0 Å². The van der Waals surface area contributed by atoms with Crippen LogP contribution in [-0.2, 0) is 6.42 Å². The van der Waals surface area contributed by atoms with Crippen molar-refractivity contribution in [3.63, 3.8) is 0 Å². The van der Waals surface area contributed by atoms with Crippen molar-refractivity contribution in [1.29, 1.82) is 0 Å². The van der Waals surface area contributed by atoms with Gasteiger partial charge in [-0.1, -0.05) is 29.8 Å². The molecule has 1 atom stereocenters. The molecule has 1 aliphatic rings. The molecule has 1 heterocycles. The fourth-order valence-corrected chi connectivity index (χ4v) is 3.60. The van der Waals surface area contributed by atoms with Crippen LogP contribution in [0.15, 0.2) is 29.6 Å². The average Bonchev–Trinajstić information content (AvgIpc) is 2.86. The number of benzene rings is 1. The van der Waals surface area contributed by atoms with Crippen molar-refractivity contribution < 1.29 is 0 Å². The maximum absolute atomic E-state index is 6.19. The van der Waals surface area contributed by atoms with Gasteiger partial charge >= 0.3 is 0 Å². The Morgan fingerprint density at radius 2 is 2.19 bits per heavy atom. The third-order valence-electron chi connectivity index (χ3n) is 3.18. The van der Waals surface area contributed by atoms with E-state index in [9.17, 15) is 0 Å². The SMILES string of the molecule is NC1CCc2c(-c3sccc3Cl)cccc21. The second-order valence-corrected chi connectivity index (χ2v) is 5.44. The lowest BCUT2D eigenvalue weighted by Crippen LogP contribution is -2.04. The van der Waals surface area contributed by atoms with E-state index in [2.05, 4.69) is 18.2 Å². The molecule has 1 aromatic heterocycles. The highest BCUT2D eigenvalue weighted by Crippen LogP contribution is 2.41. The Morgan fingerprint density at radius 3 is 2.94 bits per heavy atom. The number of nitrogens with two attached hydrogens (primary N) is 1. The van der Waals surface area contributed by atoms with Crippen LogP contribution < -0.4 is 5.73 Å². The predicted molar refractivity (Wildman–Crippen MR) is 70.0 cm³/mol. The molecular weight excluding hydrogens is 238 g/mol. The van der Waals surface area contributed by atoms with Crippen LogP contribution in [0.4, 0.5) is 0 Å². The molecule has 0 spiro atoms. The van der Waals surface area contributed by atoms with E-state index >= 15 is 0 Å². The third kappa shape index (κ3) is 1.49. The second kappa shape index (κ2) is 3.88. The predicted octanol–water partition coefficient (Wildman–Crippen LogP) is 4.01. The van der Waals surface area contributed by atoms with E-state index < -0.39 is 0 Å². The van der Waals surface area contributed by atoms with Gasteiger partial charge in [-0.15, -0.1) is 11.3 Å². The van der Waals surface area contributed by atoms with Gasteiger partial charge in [-0.3, -0.25) is 0 Å². The molecule has 2 N–H and O–H groups in total. The molecule has 0 fully saturated rings. The lowest BCUT2D eigenvalue weighted by atomic mass is 10.0. The molecular formula is C13H12ClNS. The van der Waals surface area contributed by atoms with Crippen molar-refractivity contribution >= 4 is 22.9 Å². The quantitative estimate of drug-likeness (QED) is 0.812. The van der Waals surface area contributed by atoms with Gasteiger partial charge in [0.2, 0.25) is 0 Å². The molecule has 0 bridgehead atoms. The van der Waals surface area contributed by atoms with Crippen molar-refractivity contribution in [2.24, 2.45) is 5.73 Å². The molecule has 0 radical (unpaired) electrons. The molecule has 1 nitrogen and oxygen atoms in total. The summed E-state index contributed by atoms with van der Waals surface area (Å²) in [6.45, 7) is 0. The fourth-order valence-electron chi connectivity index (χ4n) is 2.39. The van der Waals surface area contributed by atoms with E-state index in [-0.39, 0.29) is 6.04 Å². The number of hydrogen-bond donors (Lipinski definition) is 1. The standard InChI is InChI=1S/C13H12ClNS/c14-11-6-7-16-13(11)10-3-1-2-9-8(10)4-5-12(9)15/h1-3,6-7,12H,4-5,15H2. The topological polar surface area (TPSA) is 26.0 Å². The van der Waals surface area contributed by atoms with E-state index in [1.54, 1.807) is 11.3 Å². The summed E-state index contributed by atoms with van der Waals surface area (Å²) in [5, 5.41) is 2.88. The summed E-state index contributed by atoms with van der Waals surface area (Å²) in [4.78, 5) is 1.17. The van der Waals surface area contributed by atoms with Crippen LogP contribution in [-0.4, -0.2) is 0 Å². The van der Waals surface area contributed by atoms with Gasteiger partial charge in [-0.2, -0.15) is 0 Å². The van der Waals surface area contributed by atoms with Gasteiger partial charge < -0.3 is 5.73 Å². The Labute approximate surface area is 104 Å². The summed E-state index contributed by atoms with van der Waals surface area (Å²) in [6.07, 6.45) is 2.12. The fraction of sp³-hybridized carbons (Fsp3) is 0.231. The van der Waals surface area contributed by atoms with Gasteiger partial charge in [-0.25, -0.2) is 0 Å². The zero-order chi connectivity index (χ0) is 11.1. The van der Waals surface area contributed by atoms with E-state index in [1.807, 2.05) is 11.4 Å². The van der Waals surface area contributed by atoms with Gasteiger partial charge in [0.25, 0.3) is 0 Å². The highest BCUT2D eigenvalue weighted by atomic mass is 35.5. The second-order valence-electron chi connectivity index (χ2n) is 4.12. The lowest BCUT2D eigenvalue weighted by molar-refractivity contribution is 0.713. The molecule has 16 heavy (non-hydrogen) atoms. The van der Waals surface area contributed by atoms with Crippen molar-refractivity contribution in [2.75, 3.05) is 0 Å². The minimum Gasteiger partial charge on any atom is -0.324 e. The van der Waals surface area contributed by atoms with Crippen LogP contribution >= 0.6 is 22.9 Å². The summed E-state index contributed by atoms with van der Waals surface area (Å²) in [6, 6.07) is 8.52. The van der Waals surface area contributed by atoms with Gasteiger partial charge in [0, 0.05) is 6.04 Å². The molecule has 1 aliphatic carbocycles. The molecule has 1 aromatic carbocycles. The molecule has 1 unspecified atom stereocenters. The number of hydrogen-bond acceptors (Lipinski definition) is 2. The van der Waals surface area contributed by atoms with Crippen LogP contribution in [0, 0.1) is 0 Å². The van der Waals surface area contributed by atoms with Crippen LogP contribution in [0.1, 0.15) is 23.6 Å². The normalized spacial score (nSPS) is 18.8. The molecule has 0 aliphatic heterocycles. The van der Waals surface area contributed by atoms with Crippen LogP contribution in [0.3, 0.4) is 0 Å². The van der Waals surface area contributed by atoms with Gasteiger partial charge in [-0.05, 0) is 41.0 Å². The van der Waals surface area contributed by atoms with Crippen LogP contribution in [0.2, 0.25) is 5.02 Å². The van der Waals surface area contributed by atoms with Crippen molar-refractivity contribution in [2.45, 2.75) is 18.9 Å². The summed E-state index contributed by atoms with van der Waals surface area (Å²) in [7, 11) is 0. The largest absolute Gasteiger partial charge is 0.324 e. The Balaban J connectivity index is 2.20. The van der Waals surface area contributed by atoms with Gasteiger partial charge in [0.15, 0.2) is 0 Å². The number of rotatable bonds is 1. The maximum Gasteiger partial charge on any atom is 0.0592 e. The smallest absolute Gasteiger partial charge is 0.0592 e. The lowest BCUT2D eigenvalue weighted by Gasteiger charge is -2.08. The zero-order valence-corrected chi connectivity index (χ0v) is 10.3. The van der Waals surface area contributed by atoms with E-state index in [1.165, 1.54) is 21.6 Å². The van der Waals surface area contributed by atoms with Crippen LogP contribution in [0.5, 0.6) is 0 Å². The minimum absolute atomic E-state index is 0.202. The molecule has 3 heteroatoms. The Kier molecular flexibility index (Phi) is 2.51. The zero-order valence-electron chi connectivity index (χ0n) is 8.74. The summed E-state index contributed by atoms with van der Waals surface area (Å²) in [5.41, 5.74) is 10.0. The molecule has 0 saturated carbocycles. The minimum atomic E-state index is 0.202.